The van der Waals surface area contributed by atoms with Crippen LogP contribution in [-0.4, -0.2) is 47.3 Å². The van der Waals surface area contributed by atoms with Crippen molar-refractivity contribution in [3.63, 3.8) is 0 Å². The summed E-state index contributed by atoms with van der Waals surface area (Å²) in [6.45, 7) is 3.37. The number of halogens is 1. The van der Waals surface area contributed by atoms with Gasteiger partial charge in [-0.2, -0.15) is 0 Å². The first-order valence-corrected chi connectivity index (χ1v) is 6.72. The number of nitrogens with two attached hydrogens (primary N) is 1. The van der Waals surface area contributed by atoms with Crippen LogP contribution >= 0.6 is 11.6 Å². The molecular formula is C13H17ClN4O. The highest BCUT2D eigenvalue weighted by molar-refractivity contribution is 6.31. The van der Waals surface area contributed by atoms with E-state index in [0.29, 0.717) is 17.5 Å². The van der Waals surface area contributed by atoms with Gasteiger partial charge in [0.2, 0.25) is 5.95 Å². The van der Waals surface area contributed by atoms with Gasteiger partial charge in [-0.05, 0) is 25.2 Å². The molecule has 0 aliphatic carbocycles. The van der Waals surface area contributed by atoms with Gasteiger partial charge in [-0.15, -0.1) is 0 Å². The number of anilines is 1. The van der Waals surface area contributed by atoms with Crippen molar-refractivity contribution in [2.24, 2.45) is 0 Å². The van der Waals surface area contributed by atoms with Crippen LogP contribution in [0, 0.1) is 0 Å². The number of hydrogen-bond acceptors (Lipinski definition) is 4. The molecule has 3 rings (SSSR count). The van der Waals surface area contributed by atoms with E-state index in [0.717, 1.165) is 30.7 Å². The first-order chi connectivity index (χ1) is 9.13. The van der Waals surface area contributed by atoms with Crippen LogP contribution in [0.5, 0.6) is 0 Å². The van der Waals surface area contributed by atoms with Crippen LogP contribution in [-0.2, 0) is 11.3 Å². The molecule has 2 N–H and O–H groups in total. The molecule has 1 unspecified atom stereocenters. The van der Waals surface area contributed by atoms with Gasteiger partial charge in [-0.25, -0.2) is 4.98 Å². The lowest BCUT2D eigenvalue weighted by Gasteiger charge is -2.30. The summed E-state index contributed by atoms with van der Waals surface area (Å²) in [6.07, 6.45) is 0.147. The van der Waals surface area contributed by atoms with Gasteiger partial charge in [0.25, 0.3) is 0 Å². The Balaban J connectivity index is 1.89. The van der Waals surface area contributed by atoms with Crippen molar-refractivity contribution >= 4 is 28.6 Å². The second-order valence-electron chi connectivity index (χ2n) is 4.97. The van der Waals surface area contributed by atoms with Crippen molar-refractivity contribution in [1.29, 1.82) is 0 Å². The number of nitrogen functional groups attached to an aromatic ring is 1. The van der Waals surface area contributed by atoms with E-state index in [-0.39, 0.29) is 6.10 Å². The van der Waals surface area contributed by atoms with E-state index in [1.165, 1.54) is 0 Å². The highest BCUT2D eigenvalue weighted by Gasteiger charge is 2.20. The number of ether oxygens (including phenoxy) is 1. The Morgan fingerprint density at radius 2 is 2.37 bits per heavy atom. The second kappa shape index (κ2) is 5.00. The summed E-state index contributed by atoms with van der Waals surface area (Å²) < 4.78 is 7.77. The molecule has 6 heteroatoms. The van der Waals surface area contributed by atoms with Gasteiger partial charge in [-0.1, -0.05) is 11.6 Å². The van der Waals surface area contributed by atoms with Gasteiger partial charge < -0.3 is 19.9 Å². The lowest BCUT2D eigenvalue weighted by atomic mass is 10.2. The highest BCUT2D eigenvalue weighted by Crippen LogP contribution is 2.22. The zero-order chi connectivity index (χ0) is 13.4. The minimum Gasteiger partial charge on any atom is -0.374 e. The predicted molar refractivity (Wildman–Crippen MR) is 76.4 cm³/mol. The van der Waals surface area contributed by atoms with Crippen molar-refractivity contribution in [3.05, 3.63) is 23.2 Å². The second-order valence-corrected chi connectivity index (χ2v) is 5.41. The highest BCUT2D eigenvalue weighted by atomic mass is 35.5. The van der Waals surface area contributed by atoms with Crippen LogP contribution in [0.3, 0.4) is 0 Å². The Labute approximate surface area is 116 Å². The van der Waals surface area contributed by atoms with Gasteiger partial charge in [0.15, 0.2) is 0 Å². The van der Waals surface area contributed by atoms with E-state index in [1.807, 2.05) is 22.8 Å². The molecule has 1 atom stereocenters. The molecule has 1 aliphatic rings. The molecule has 0 bridgehead atoms. The fourth-order valence-corrected chi connectivity index (χ4v) is 2.66. The maximum absolute atomic E-state index is 5.99. The standard InChI is InChI=1S/C13H17ClN4O/c1-17-4-5-19-10(7-17)8-18-12-3-2-9(14)6-11(12)16-13(18)15/h2-3,6,10H,4-5,7-8H2,1H3,(H2,15,16). The SMILES string of the molecule is CN1CCOC(Cn2c(N)nc3cc(Cl)ccc32)C1. The molecule has 1 fully saturated rings. The van der Waals surface area contributed by atoms with Crippen LogP contribution in [0.15, 0.2) is 18.2 Å². The summed E-state index contributed by atoms with van der Waals surface area (Å²) in [6, 6.07) is 5.64. The van der Waals surface area contributed by atoms with Crippen LogP contribution in [0.1, 0.15) is 0 Å². The molecule has 2 heterocycles. The van der Waals surface area contributed by atoms with Crippen molar-refractivity contribution in [1.82, 2.24) is 14.5 Å². The van der Waals surface area contributed by atoms with Crippen molar-refractivity contribution in [2.75, 3.05) is 32.5 Å². The Kier molecular flexibility index (Phi) is 3.35. The monoisotopic (exact) mass is 280 g/mol. The molecule has 0 radical (unpaired) electrons. The fraction of sp³-hybridized carbons (Fsp3) is 0.462. The summed E-state index contributed by atoms with van der Waals surface area (Å²) in [5.74, 6) is 0.508. The Morgan fingerprint density at radius 1 is 1.53 bits per heavy atom. The maximum atomic E-state index is 5.99. The normalized spacial score (nSPS) is 21.1. The summed E-state index contributed by atoms with van der Waals surface area (Å²) in [4.78, 5) is 6.61. The number of nitrogens with zero attached hydrogens (tertiary/aromatic N) is 3. The molecule has 0 spiro atoms. The van der Waals surface area contributed by atoms with E-state index in [4.69, 9.17) is 22.1 Å². The lowest BCUT2D eigenvalue weighted by molar-refractivity contribution is -0.0267. The molecule has 0 amide bonds. The quantitative estimate of drug-likeness (QED) is 0.908. The third kappa shape index (κ3) is 2.54. The van der Waals surface area contributed by atoms with Gasteiger partial charge in [-0.3, -0.25) is 0 Å². The number of aromatic nitrogens is 2. The summed E-state index contributed by atoms with van der Waals surface area (Å²) >= 11 is 5.97. The van der Waals surface area contributed by atoms with E-state index < -0.39 is 0 Å². The van der Waals surface area contributed by atoms with E-state index in [9.17, 15) is 0 Å². The number of benzene rings is 1. The zero-order valence-corrected chi connectivity index (χ0v) is 11.6. The molecule has 1 aromatic carbocycles. The summed E-state index contributed by atoms with van der Waals surface area (Å²) in [5, 5.41) is 0.672. The number of morpholine rings is 1. The molecule has 19 heavy (non-hydrogen) atoms. The topological polar surface area (TPSA) is 56.3 Å². The minimum absolute atomic E-state index is 0.147. The minimum atomic E-state index is 0.147. The van der Waals surface area contributed by atoms with Crippen molar-refractivity contribution in [2.45, 2.75) is 12.6 Å². The third-order valence-electron chi connectivity index (χ3n) is 3.47. The molecule has 102 valence electrons. The molecule has 1 aromatic heterocycles. The third-order valence-corrected chi connectivity index (χ3v) is 3.70. The Bertz CT molecular complexity index is 598. The van der Waals surface area contributed by atoms with E-state index >= 15 is 0 Å². The molecule has 5 nitrogen and oxygen atoms in total. The first kappa shape index (κ1) is 12.7. The number of imidazole rings is 1. The van der Waals surface area contributed by atoms with Gasteiger partial charge >= 0.3 is 0 Å². The smallest absolute Gasteiger partial charge is 0.201 e. The first-order valence-electron chi connectivity index (χ1n) is 6.35. The molecular weight excluding hydrogens is 264 g/mol. The average molecular weight is 281 g/mol. The number of rotatable bonds is 2. The van der Waals surface area contributed by atoms with E-state index in [1.54, 1.807) is 0 Å². The van der Waals surface area contributed by atoms with Crippen LogP contribution in [0.4, 0.5) is 5.95 Å². The molecule has 2 aromatic rings. The van der Waals surface area contributed by atoms with Gasteiger partial charge in [0.05, 0.1) is 30.3 Å². The molecule has 1 saturated heterocycles. The van der Waals surface area contributed by atoms with E-state index in [2.05, 4.69) is 16.9 Å². The Morgan fingerprint density at radius 3 is 3.16 bits per heavy atom. The van der Waals surface area contributed by atoms with Crippen LogP contribution in [0.2, 0.25) is 5.02 Å². The maximum Gasteiger partial charge on any atom is 0.201 e. The predicted octanol–water partition coefficient (Wildman–Crippen LogP) is 1.60. The van der Waals surface area contributed by atoms with Gasteiger partial charge in [0, 0.05) is 18.1 Å². The number of fused-ring (bicyclic) bond motifs is 1. The van der Waals surface area contributed by atoms with Crippen LogP contribution in [0.25, 0.3) is 11.0 Å². The average Bonchev–Trinajstić information content (AvgIpc) is 2.65. The fourth-order valence-electron chi connectivity index (χ4n) is 2.49. The largest absolute Gasteiger partial charge is 0.374 e. The number of hydrogen-bond donors (Lipinski definition) is 1. The van der Waals surface area contributed by atoms with Crippen molar-refractivity contribution in [3.8, 4) is 0 Å². The molecule has 1 aliphatic heterocycles. The summed E-state index contributed by atoms with van der Waals surface area (Å²) in [5.41, 5.74) is 7.82. The number of likely N-dealkylation sites (N-methyl/N-ethyl adjacent to an activating group) is 1. The Hall–Kier alpha value is -1.30. The summed E-state index contributed by atoms with van der Waals surface area (Å²) in [7, 11) is 2.10. The zero-order valence-electron chi connectivity index (χ0n) is 10.8. The lowest BCUT2D eigenvalue weighted by Crippen LogP contribution is -2.42. The van der Waals surface area contributed by atoms with Gasteiger partial charge in [0.1, 0.15) is 0 Å². The van der Waals surface area contributed by atoms with Crippen LogP contribution < -0.4 is 5.73 Å². The van der Waals surface area contributed by atoms with Crippen molar-refractivity contribution < 1.29 is 4.74 Å². The molecule has 0 saturated carbocycles.